The molecule has 5 heteroatoms. The van der Waals surface area contributed by atoms with Crippen LogP contribution in [0, 0.1) is 11.8 Å². The van der Waals surface area contributed by atoms with Crippen LogP contribution in [0.1, 0.15) is 32.1 Å². The lowest BCUT2D eigenvalue weighted by atomic mass is 9.95. The lowest BCUT2D eigenvalue weighted by Gasteiger charge is -2.32. The number of nitrogens with two attached hydrogens (primary N) is 1. The van der Waals surface area contributed by atoms with Crippen LogP contribution in [-0.4, -0.2) is 41.0 Å². The fraction of sp³-hybridized carbons (Fsp3) is 0.833. The maximum Gasteiger partial charge on any atom is 0.306 e. The van der Waals surface area contributed by atoms with E-state index < -0.39 is 5.97 Å². The van der Waals surface area contributed by atoms with E-state index in [-0.39, 0.29) is 23.8 Å². The van der Waals surface area contributed by atoms with E-state index in [9.17, 15) is 9.59 Å². The summed E-state index contributed by atoms with van der Waals surface area (Å²) < 4.78 is 0. The molecule has 0 aromatic rings. The van der Waals surface area contributed by atoms with Crippen molar-refractivity contribution >= 4 is 11.9 Å². The molecule has 1 aliphatic carbocycles. The summed E-state index contributed by atoms with van der Waals surface area (Å²) in [5, 5.41) is 8.89. The number of carbonyl (C=O) groups excluding carboxylic acids is 1. The number of nitrogens with zero attached hydrogens (tertiary/aromatic N) is 1. The number of likely N-dealkylation sites (tertiary alicyclic amines) is 1. The van der Waals surface area contributed by atoms with E-state index in [1.54, 1.807) is 0 Å². The molecule has 2 atom stereocenters. The van der Waals surface area contributed by atoms with Gasteiger partial charge in [-0.3, -0.25) is 9.59 Å². The van der Waals surface area contributed by atoms with Gasteiger partial charge >= 0.3 is 5.97 Å². The maximum absolute atomic E-state index is 12.1. The lowest BCUT2D eigenvalue weighted by Crippen LogP contribution is -2.42. The second-order valence-electron chi connectivity index (χ2n) is 5.21. The zero-order chi connectivity index (χ0) is 12.4. The summed E-state index contributed by atoms with van der Waals surface area (Å²) in [6.45, 7) is 1.17. The van der Waals surface area contributed by atoms with E-state index >= 15 is 0 Å². The van der Waals surface area contributed by atoms with Crippen molar-refractivity contribution in [3.8, 4) is 0 Å². The van der Waals surface area contributed by atoms with Crippen molar-refractivity contribution in [3.63, 3.8) is 0 Å². The Morgan fingerprint density at radius 2 is 1.71 bits per heavy atom. The van der Waals surface area contributed by atoms with Crippen LogP contribution in [-0.2, 0) is 9.59 Å². The van der Waals surface area contributed by atoms with E-state index in [0.29, 0.717) is 25.9 Å². The second-order valence-corrected chi connectivity index (χ2v) is 5.21. The predicted molar refractivity (Wildman–Crippen MR) is 62.3 cm³/mol. The highest BCUT2D eigenvalue weighted by Gasteiger charge is 2.33. The summed E-state index contributed by atoms with van der Waals surface area (Å²) in [5.41, 5.74) is 5.81. The highest BCUT2D eigenvalue weighted by Crippen LogP contribution is 2.28. The van der Waals surface area contributed by atoms with Gasteiger partial charge in [-0.2, -0.15) is 0 Å². The molecular formula is C12H20N2O3. The van der Waals surface area contributed by atoms with Gasteiger partial charge in [0.1, 0.15) is 0 Å². The fourth-order valence-electron chi connectivity index (χ4n) is 2.85. The Bertz CT molecular complexity index is 311. The van der Waals surface area contributed by atoms with Gasteiger partial charge in [0.2, 0.25) is 5.91 Å². The molecule has 0 aromatic heterocycles. The van der Waals surface area contributed by atoms with Crippen molar-refractivity contribution in [1.29, 1.82) is 0 Å². The average Bonchev–Trinajstić information content (AvgIpc) is 2.75. The van der Waals surface area contributed by atoms with Gasteiger partial charge in [-0.1, -0.05) is 0 Å². The van der Waals surface area contributed by atoms with Gasteiger partial charge in [-0.05, 0) is 32.1 Å². The topological polar surface area (TPSA) is 83.6 Å². The number of amides is 1. The Labute approximate surface area is 101 Å². The largest absolute Gasteiger partial charge is 0.481 e. The number of carboxylic acids is 1. The van der Waals surface area contributed by atoms with E-state index in [1.807, 2.05) is 4.90 Å². The van der Waals surface area contributed by atoms with Crippen LogP contribution in [0.25, 0.3) is 0 Å². The first-order valence-electron chi connectivity index (χ1n) is 6.35. The summed E-state index contributed by atoms with van der Waals surface area (Å²) in [4.78, 5) is 24.8. The summed E-state index contributed by atoms with van der Waals surface area (Å²) in [6.07, 6.45) is 3.78. The van der Waals surface area contributed by atoms with Gasteiger partial charge in [0, 0.05) is 25.0 Å². The van der Waals surface area contributed by atoms with Crippen LogP contribution < -0.4 is 5.73 Å². The predicted octanol–water partition coefficient (Wildman–Crippen LogP) is 0.437. The first-order valence-corrected chi connectivity index (χ1v) is 6.35. The first kappa shape index (κ1) is 12.4. The van der Waals surface area contributed by atoms with Crippen molar-refractivity contribution in [1.82, 2.24) is 4.90 Å². The Morgan fingerprint density at radius 3 is 2.18 bits per heavy atom. The molecular weight excluding hydrogens is 220 g/mol. The Balaban J connectivity index is 1.84. The van der Waals surface area contributed by atoms with Crippen LogP contribution >= 0.6 is 0 Å². The monoisotopic (exact) mass is 240 g/mol. The lowest BCUT2D eigenvalue weighted by molar-refractivity contribution is -0.146. The minimum Gasteiger partial charge on any atom is -0.481 e. The molecule has 2 rings (SSSR count). The number of hydrogen-bond donors (Lipinski definition) is 2. The normalized spacial score (nSPS) is 30.5. The molecule has 1 saturated heterocycles. The van der Waals surface area contributed by atoms with Crippen LogP contribution in [0.5, 0.6) is 0 Å². The molecule has 5 nitrogen and oxygen atoms in total. The summed E-state index contributed by atoms with van der Waals surface area (Å²) >= 11 is 0. The molecule has 2 aliphatic rings. The first-order chi connectivity index (χ1) is 8.08. The van der Waals surface area contributed by atoms with Crippen LogP contribution in [0.2, 0.25) is 0 Å². The quantitative estimate of drug-likeness (QED) is 0.733. The second kappa shape index (κ2) is 5.04. The SMILES string of the molecule is NC1CCC(C(=O)N2CCC(C(=O)O)CC2)C1. The van der Waals surface area contributed by atoms with Gasteiger partial charge in [-0.15, -0.1) is 0 Å². The number of carboxylic acid groups (broad SMARTS) is 1. The average molecular weight is 240 g/mol. The van der Waals surface area contributed by atoms with Gasteiger partial charge in [0.15, 0.2) is 0 Å². The third-order valence-electron chi connectivity index (χ3n) is 3.98. The fourth-order valence-corrected chi connectivity index (χ4v) is 2.85. The summed E-state index contributed by atoms with van der Waals surface area (Å²) in [7, 11) is 0. The number of hydrogen-bond acceptors (Lipinski definition) is 3. The Hall–Kier alpha value is -1.10. The standard InChI is InChI=1S/C12H20N2O3/c13-10-2-1-9(7-10)11(15)14-5-3-8(4-6-14)12(16)17/h8-10H,1-7,13H2,(H,16,17). The van der Waals surface area contributed by atoms with Crippen molar-refractivity contribution in [3.05, 3.63) is 0 Å². The molecule has 0 bridgehead atoms. The minimum atomic E-state index is -0.736. The molecule has 3 N–H and O–H groups in total. The van der Waals surface area contributed by atoms with E-state index in [0.717, 1.165) is 19.3 Å². The van der Waals surface area contributed by atoms with Gasteiger partial charge < -0.3 is 15.7 Å². The van der Waals surface area contributed by atoms with Gasteiger partial charge in [0.25, 0.3) is 0 Å². The highest BCUT2D eigenvalue weighted by atomic mass is 16.4. The van der Waals surface area contributed by atoms with Crippen molar-refractivity contribution in [2.24, 2.45) is 17.6 Å². The number of piperidine rings is 1. The van der Waals surface area contributed by atoms with Crippen molar-refractivity contribution < 1.29 is 14.7 Å². The number of aliphatic carboxylic acids is 1. The van der Waals surface area contributed by atoms with Crippen LogP contribution in [0.15, 0.2) is 0 Å². The van der Waals surface area contributed by atoms with E-state index in [2.05, 4.69) is 0 Å². The molecule has 2 unspecified atom stereocenters. The molecule has 1 aliphatic heterocycles. The Kier molecular flexibility index (Phi) is 3.66. The van der Waals surface area contributed by atoms with E-state index in [1.165, 1.54) is 0 Å². The minimum absolute atomic E-state index is 0.0754. The zero-order valence-electron chi connectivity index (χ0n) is 9.97. The number of rotatable bonds is 2. The molecule has 17 heavy (non-hydrogen) atoms. The zero-order valence-corrected chi connectivity index (χ0v) is 9.97. The third-order valence-corrected chi connectivity index (χ3v) is 3.98. The van der Waals surface area contributed by atoms with Crippen molar-refractivity contribution in [2.75, 3.05) is 13.1 Å². The summed E-state index contributed by atoms with van der Waals surface area (Å²) in [5.74, 6) is -0.752. The molecule has 0 radical (unpaired) electrons. The highest BCUT2D eigenvalue weighted by molar-refractivity contribution is 5.79. The van der Waals surface area contributed by atoms with Gasteiger partial charge in [0.05, 0.1) is 5.92 Å². The smallest absolute Gasteiger partial charge is 0.306 e. The maximum atomic E-state index is 12.1. The van der Waals surface area contributed by atoms with Gasteiger partial charge in [-0.25, -0.2) is 0 Å². The number of carbonyl (C=O) groups is 2. The molecule has 0 spiro atoms. The van der Waals surface area contributed by atoms with Crippen molar-refractivity contribution in [2.45, 2.75) is 38.1 Å². The third kappa shape index (κ3) is 2.77. The van der Waals surface area contributed by atoms with Crippen LogP contribution in [0.4, 0.5) is 0 Å². The molecule has 1 saturated carbocycles. The molecule has 0 aromatic carbocycles. The summed E-state index contributed by atoms with van der Waals surface area (Å²) in [6, 6.07) is 0.167. The molecule has 96 valence electrons. The van der Waals surface area contributed by atoms with Crippen LogP contribution in [0.3, 0.4) is 0 Å². The molecule has 1 heterocycles. The Morgan fingerprint density at radius 1 is 1.06 bits per heavy atom. The molecule has 1 amide bonds. The van der Waals surface area contributed by atoms with E-state index in [4.69, 9.17) is 10.8 Å². The molecule has 2 fully saturated rings.